The molecule has 0 bridgehead atoms. The van der Waals surface area contributed by atoms with Crippen LogP contribution in [-0.2, 0) is 6.61 Å². The molecule has 0 heterocycles. The zero-order chi connectivity index (χ0) is 20.1. The van der Waals surface area contributed by atoms with Gasteiger partial charge in [-0.25, -0.2) is 8.78 Å². The maximum absolute atomic E-state index is 13.8. The van der Waals surface area contributed by atoms with Crippen molar-refractivity contribution >= 4 is 11.6 Å². The van der Waals surface area contributed by atoms with E-state index in [4.69, 9.17) is 9.47 Å². The Hall–Kier alpha value is -3.41. The number of hydrogen-bond donors (Lipinski definition) is 1. The largest absolute Gasteiger partial charge is 0.496 e. The van der Waals surface area contributed by atoms with Crippen molar-refractivity contribution in [2.75, 3.05) is 12.4 Å². The molecule has 0 saturated heterocycles. The average Bonchev–Trinajstić information content (AvgIpc) is 2.69. The summed E-state index contributed by atoms with van der Waals surface area (Å²) >= 11 is 0. The van der Waals surface area contributed by atoms with Crippen molar-refractivity contribution in [3.05, 3.63) is 89.0 Å². The molecule has 0 aromatic heterocycles. The van der Waals surface area contributed by atoms with Gasteiger partial charge in [0.1, 0.15) is 29.7 Å². The molecule has 3 aromatic carbocycles. The van der Waals surface area contributed by atoms with Crippen LogP contribution in [0.5, 0.6) is 11.5 Å². The van der Waals surface area contributed by atoms with E-state index in [0.717, 1.165) is 11.6 Å². The molecule has 0 fully saturated rings. The Bertz CT molecular complexity index is 988. The SMILES string of the molecule is COc1ccc(C(=O)Nc2ccc(F)cc2F)cc1COc1ccc(C)cc1. The summed E-state index contributed by atoms with van der Waals surface area (Å²) in [5, 5.41) is 2.44. The fourth-order valence-corrected chi connectivity index (χ4v) is 2.61. The van der Waals surface area contributed by atoms with Gasteiger partial charge in [-0.2, -0.15) is 0 Å². The van der Waals surface area contributed by atoms with Gasteiger partial charge < -0.3 is 14.8 Å². The fourth-order valence-electron chi connectivity index (χ4n) is 2.61. The van der Waals surface area contributed by atoms with Gasteiger partial charge in [0.05, 0.1) is 12.8 Å². The van der Waals surface area contributed by atoms with Crippen LogP contribution in [0.1, 0.15) is 21.5 Å². The number of nitrogens with one attached hydrogen (secondary N) is 1. The Labute approximate surface area is 161 Å². The molecule has 0 aliphatic rings. The second-order valence-corrected chi connectivity index (χ2v) is 6.21. The van der Waals surface area contributed by atoms with E-state index >= 15 is 0 Å². The van der Waals surface area contributed by atoms with Gasteiger partial charge in [0.25, 0.3) is 5.91 Å². The highest BCUT2D eigenvalue weighted by Crippen LogP contribution is 2.24. The van der Waals surface area contributed by atoms with Crippen LogP contribution in [0, 0.1) is 18.6 Å². The summed E-state index contributed by atoms with van der Waals surface area (Å²) in [6.45, 7) is 2.18. The molecule has 144 valence electrons. The Morgan fingerprint density at radius 1 is 1.00 bits per heavy atom. The third-order valence-electron chi connectivity index (χ3n) is 4.14. The first-order valence-electron chi connectivity index (χ1n) is 8.59. The summed E-state index contributed by atoms with van der Waals surface area (Å²) in [7, 11) is 1.53. The van der Waals surface area contributed by atoms with Crippen molar-refractivity contribution in [3.8, 4) is 11.5 Å². The quantitative estimate of drug-likeness (QED) is 0.643. The molecule has 0 atom stereocenters. The number of aryl methyl sites for hydroxylation is 1. The van der Waals surface area contributed by atoms with Crippen LogP contribution in [0.25, 0.3) is 0 Å². The van der Waals surface area contributed by atoms with Crippen LogP contribution < -0.4 is 14.8 Å². The van der Waals surface area contributed by atoms with Crippen molar-refractivity contribution in [2.24, 2.45) is 0 Å². The maximum Gasteiger partial charge on any atom is 0.255 e. The zero-order valence-electron chi connectivity index (χ0n) is 15.5. The average molecular weight is 383 g/mol. The molecule has 6 heteroatoms. The second kappa shape index (κ2) is 8.52. The molecule has 0 saturated carbocycles. The van der Waals surface area contributed by atoms with E-state index in [1.807, 2.05) is 31.2 Å². The number of benzene rings is 3. The summed E-state index contributed by atoms with van der Waals surface area (Å²) in [6.07, 6.45) is 0. The summed E-state index contributed by atoms with van der Waals surface area (Å²) in [4.78, 5) is 12.5. The van der Waals surface area contributed by atoms with Gasteiger partial charge in [-0.3, -0.25) is 4.79 Å². The van der Waals surface area contributed by atoms with Crippen molar-refractivity contribution in [1.82, 2.24) is 0 Å². The van der Waals surface area contributed by atoms with E-state index < -0.39 is 17.5 Å². The highest BCUT2D eigenvalue weighted by atomic mass is 19.1. The van der Waals surface area contributed by atoms with E-state index in [9.17, 15) is 13.6 Å². The van der Waals surface area contributed by atoms with Crippen molar-refractivity contribution in [3.63, 3.8) is 0 Å². The number of anilines is 1. The van der Waals surface area contributed by atoms with E-state index in [0.29, 0.717) is 28.7 Å². The van der Waals surface area contributed by atoms with Crippen LogP contribution in [-0.4, -0.2) is 13.0 Å². The van der Waals surface area contributed by atoms with Gasteiger partial charge in [0.2, 0.25) is 0 Å². The second-order valence-electron chi connectivity index (χ2n) is 6.21. The van der Waals surface area contributed by atoms with Gasteiger partial charge in [-0.15, -0.1) is 0 Å². The first-order valence-corrected chi connectivity index (χ1v) is 8.59. The van der Waals surface area contributed by atoms with Gasteiger partial charge in [0, 0.05) is 17.2 Å². The standard InChI is InChI=1S/C22H19F2NO3/c1-14-3-7-18(8-4-14)28-13-16-11-15(5-10-21(16)27-2)22(26)25-20-9-6-17(23)12-19(20)24/h3-12H,13H2,1-2H3,(H,25,26). The maximum atomic E-state index is 13.8. The van der Waals surface area contributed by atoms with Crippen molar-refractivity contribution < 1.29 is 23.0 Å². The minimum atomic E-state index is -0.843. The van der Waals surface area contributed by atoms with Crippen molar-refractivity contribution in [1.29, 1.82) is 0 Å². The smallest absolute Gasteiger partial charge is 0.255 e. The minimum Gasteiger partial charge on any atom is -0.496 e. The van der Waals surface area contributed by atoms with E-state index in [-0.39, 0.29) is 12.3 Å². The third kappa shape index (κ3) is 4.65. The predicted molar refractivity (Wildman–Crippen MR) is 103 cm³/mol. The van der Waals surface area contributed by atoms with E-state index in [1.165, 1.54) is 13.2 Å². The number of halogens is 2. The lowest BCUT2D eigenvalue weighted by molar-refractivity contribution is 0.102. The molecule has 0 unspecified atom stereocenters. The highest BCUT2D eigenvalue weighted by Gasteiger charge is 2.13. The lowest BCUT2D eigenvalue weighted by atomic mass is 10.1. The Kier molecular flexibility index (Phi) is 5.89. The highest BCUT2D eigenvalue weighted by molar-refractivity contribution is 6.04. The van der Waals surface area contributed by atoms with Gasteiger partial charge in [-0.05, 0) is 49.4 Å². The van der Waals surface area contributed by atoms with Crippen LogP contribution >= 0.6 is 0 Å². The lowest BCUT2D eigenvalue weighted by Crippen LogP contribution is -2.14. The molecule has 28 heavy (non-hydrogen) atoms. The number of carbonyl (C=O) groups excluding carboxylic acids is 1. The summed E-state index contributed by atoms with van der Waals surface area (Å²) < 4.78 is 37.9. The predicted octanol–water partition coefficient (Wildman–Crippen LogP) is 5.11. The molecule has 0 radical (unpaired) electrons. The van der Waals surface area contributed by atoms with E-state index in [1.54, 1.807) is 18.2 Å². The number of ether oxygens (including phenoxy) is 2. The normalized spacial score (nSPS) is 10.4. The Balaban J connectivity index is 1.77. The zero-order valence-corrected chi connectivity index (χ0v) is 15.5. The first kappa shape index (κ1) is 19.4. The number of rotatable bonds is 6. The molecule has 3 rings (SSSR count). The van der Waals surface area contributed by atoms with Gasteiger partial charge in [-0.1, -0.05) is 17.7 Å². The number of methoxy groups -OCH3 is 1. The minimum absolute atomic E-state index is 0.0975. The molecule has 0 aliphatic carbocycles. The van der Waals surface area contributed by atoms with Crippen LogP contribution in [0.2, 0.25) is 0 Å². The summed E-state index contributed by atoms with van der Waals surface area (Å²) in [5.41, 5.74) is 1.98. The van der Waals surface area contributed by atoms with Crippen LogP contribution in [0.4, 0.5) is 14.5 Å². The monoisotopic (exact) mass is 383 g/mol. The van der Waals surface area contributed by atoms with E-state index in [2.05, 4.69) is 5.32 Å². The summed E-state index contributed by atoms with van der Waals surface area (Å²) in [6, 6.07) is 15.4. The molecular weight excluding hydrogens is 364 g/mol. The Morgan fingerprint density at radius 2 is 1.75 bits per heavy atom. The fraction of sp³-hybridized carbons (Fsp3) is 0.136. The van der Waals surface area contributed by atoms with Crippen LogP contribution in [0.15, 0.2) is 60.7 Å². The third-order valence-corrected chi connectivity index (χ3v) is 4.14. The molecular formula is C22H19F2NO3. The molecule has 1 N–H and O–H groups in total. The van der Waals surface area contributed by atoms with Gasteiger partial charge in [0.15, 0.2) is 0 Å². The molecule has 0 aliphatic heterocycles. The first-order chi connectivity index (χ1) is 13.5. The molecule has 0 spiro atoms. The summed E-state index contributed by atoms with van der Waals surface area (Å²) in [5.74, 6) is -0.822. The van der Waals surface area contributed by atoms with Gasteiger partial charge >= 0.3 is 0 Å². The van der Waals surface area contributed by atoms with Crippen molar-refractivity contribution in [2.45, 2.75) is 13.5 Å². The molecule has 3 aromatic rings. The topological polar surface area (TPSA) is 47.6 Å². The van der Waals surface area contributed by atoms with Crippen LogP contribution in [0.3, 0.4) is 0 Å². The number of amides is 1. The number of hydrogen-bond acceptors (Lipinski definition) is 3. The number of carbonyl (C=O) groups is 1. The molecule has 1 amide bonds. The lowest BCUT2D eigenvalue weighted by Gasteiger charge is -2.13. The Morgan fingerprint density at radius 3 is 2.43 bits per heavy atom. The molecule has 4 nitrogen and oxygen atoms in total.